The number of amides is 1. The lowest BCUT2D eigenvalue weighted by atomic mass is 10.2. The third kappa shape index (κ3) is 2.62. The molecule has 0 aliphatic heterocycles. The first kappa shape index (κ1) is 12.4. The standard InChI is InChI=1S/C12H12ClN3O2/c1-2-8-6-11(16-15-8)14-12(18)7-3-4-10(17)9(13)5-7/h3-6,17H,2H2,1H3,(H2,14,15,16,18). The number of aromatic hydroxyl groups is 1. The third-order valence-electron chi connectivity index (χ3n) is 2.46. The van der Waals surface area contributed by atoms with Gasteiger partial charge in [-0.25, -0.2) is 0 Å². The quantitative estimate of drug-likeness (QED) is 0.798. The second-order valence-electron chi connectivity index (χ2n) is 3.75. The lowest BCUT2D eigenvalue weighted by Gasteiger charge is -2.03. The number of nitrogens with one attached hydrogen (secondary N) is 2. The highest BCUT2D eigenvalue weighted by molar-refractivity contribution is 6.32. The summed E-state index contributed by atoms with van der Waals surface area (Å²) in [5.74, 6) is 0.0772. The third-order valence-corrected chi connectivity index (χ3v) is 2.77. The fourth-order valence-corrected chi connectivity index (χ4v) is 1.62. The van der Waals surface area contributed by atoms with E-state index in [-0.39, 0.29) is 16.7 Å². The van der Waals surface area contributed by atoms with Crippen molar-refractivity contribution in [3.8, 4) is 5.75 Å². The summed E-state index contributed by atoms with van der Waals surface area (Å²) in [5, 5.41) is 18.8. The maximum atomic E-state index is 11.9. The van der Waals surface area contributed by atoms with Gasteiger partial charge in [-0.2, -0.15) is 5.10 Å². The van der Waals surface area contributed by atoms with Crippen LogP contribution in [0.5, 0.6) is 5.75 Å². The maximum absolute atomic E-state index is 11.9. The van der Waals surface area contributed by atoms with Gasteiger partial charge >= 0.3 is 0 Å². The monoisotopic (exact) mass is 265 g/mol. The summed E-state index contributed by atoms with van der Waals surface area (Å²) in [6, 6.07) is 6.03. The van der Waals surface area contributed by atoms with E-state index in [9.17, 15) is 9.90 Å². The maximum Gasteiger partial charge on any atom is 0.256 e. The Morgan fingerprint density at radius 3 is 2.89 bits per heavy atom. The van der Waals surface area contributed by atoms with Crippen molar-refractivity contribution in [2.24, 2.45) is 0 Å². The summed E-state index contributed by atoms with van der Waals surface area (Å²) in [7, 11) is 0. The number of hydrogen-bond donors (Lipinski definition) is 3. The Labute approximate surface area is 109 Å². The minimum absolute atomic E-state index is 0.0544. The second kappa shape index (κ2) is 5.10. The molecule has 0 atom stereocenters. The van der Waals surface area contributed by atoms with Gasteiger partial charge in [0.1, 0.15) is 5.75 Å². The summed E-state index contributed by atoms with van der Waals surface area (Å²) in [5.41, 5.74) is 1.30. The summed E-state index contributed by atoms with van der Waals surface area (Å²) in [6.07, 6.45) is 0.813. The number of halogens is 1. The lowest BCUT2D eigenvalue weighted by molar-refractivity contribution is 0.102. The summed E-state index contributed by atoms with van der Waals surface area (Å²) < 4.78 is 0. The smallest absolute Gasteiger partial charge is 0.256 e. The number of carbonyl (C=O) groups excluding carboxylic acids is 1. The van der Waals surface area contributed by atoms with Crippen LogP contribution in [0, 0.1) is 0 Å². The number of aromatic amines is 1. The van der Waals surface area contributed by atoms with Crippen LogP contribution in [0.1, 0.15) is 23.0 Å². The molecular weight excluding hydrogens is 254 g/mol. The molecule has 0 aliphatic carbocycles. The fraction of sp³-hybridized carbons (Fsp3) is 0.167. The number of aryl methyl sites for hydroxylation is 1. The van der Waals surface area contributed by atoms with Crippen molar-refractivity contribution in [2.75, 3.05) is 5.32 Å². The van der Waals surface area contributed by atoms with Crippen molar-refractivity contribution in [2.45, 2.75) is 13.3 Å². The van der Waals surface area contributed by atoms with Crippen LogP contribution in [0.4, 0.5) is 5.82 Å². The Morgan fingerprint density at radius 1 is 1.50 bits per heavy atom. The van der Waals surface area contributed by atoms with Gasteiger partial charge < -0.3 is 10.4 Å². The summed E-state index contributed by atoms with van der Waals surface area (Å²) >= 11 is 5.74. The van der Waals surface area contributed by atoms with Crippen molar-refractivity contribution in [1.29, 1.82) is 0 Å². The molecule has 0 bridgehead atoms. The van der Waals surface area contributed by atoms with Gasteiger partial charge in [-0.15, -0.1) is 0 Å². The van der Waals surface area contributed by atoms with Crippen LogP contribution in [0.2, 0.25) is 5.02 Å². The number of nitrogens with zero attached hydrogens (tertiary/aromatic N) is 1. The van der Waals surface area contributed by atoms with Gasteiger partial charge in [-0.05, 0) is 24.6 Å². The molecule has 2 aromatic rings. The molecule has 1 amide bonds. The molecule has 0 radical (unpaired) electrons. The Morgan fingerprint density at radius 2 is 2.28 bits per heavy atom. The van der Waals surface area contributed by atoms with Crippen LogP contribution in [0.25, 0.3) is 0 Å². The number of phenolic OH excluding ortho intramolecular Hbond substituents is 1. The molecule has 0 unspecified atom stereocenters. The van der Waals surface area contributed by atoms with E-state index in [1.165, 1.54) is 18.2 Å². The van der Waals surface area contributed by atoms with Crippen molar-refractivity contribution in [3.05, 3.63) is 40.5 Å². The lowest BCUT2D eigenvalue weighted by Crippen LogP contribution is -2.12. The normalized spacial score (nSPS) is 10.3. The molecule has 0 saturated heterocycles. The van der Waals surface area contributed by atoms with Gasteiger partial charge in [0.15, 0.2) is 5.82 Å². The highest BCUT2D eigenvalue weighted by Gasteiger charge is 2.10. The van der Waals surface area contributed by atoms with Crippen molar-refractivity contribution in [1.82, 2.24) is 10.2 Å². The topological polar surface area (TPSA) is 78.0 Å². The van der Waals surface area contributed by atoms with E-state index in [0.29, 0.717) is 11.4 Å². The number of benzene rings is 1. The van der Waals surface area contributed by atoms with Crippen LogP contribution < -0.4 is 5.32 Å². The molecule has 94 valence electrons. The first-order valence-electron chi connectivity index (χ1n) is 5.44. The van der Waals surface area contributed by atoms with E-state index >= 15 is 0 Å². The number of phenols is 1. The largest absolute Gasteiger partial charge is 0.506 e. The van der Waals surface area contributed by atoms with Gasteiger partial charge in [0.25, 0.3) is 5.91 Å². The Hall–Kier alpha value is -2.01. The van der Waals surface area contributed by atoms with E-state index in [2.05, 4.69) is 15.5 Å². The molecule has 0 spiro atoms. The number of H-pyrrole nitrogens is 1. The van der Waals surface area contributed by atoms with Crippen LogP contribution in [-0.2, 0) is 6.42 Å². The Balaban J connectivity index is 2.14. The first-order chi connectivity index (χ1) is 8.60. The van der Waals surface area contributed by atoms with E-state index in [0.717, 1.165) is 12.1 Å². The van der Waals surface area contributed by atoms with Crippen LogP contribution in [-0.4, -0.2) is 21.2 Å². The molecule has 0 aliphatic rings. The van der Waals surface area contributed by atoms with Crippen molar-refractivity contribution in [3.63, 3.8) is 0 Å². The molecule has 2 rings (SSSR count). The van der Waals surface area contributed by atoms with E-state index < -0.39 is 0 Å². The minimum atomic E-state index is -0.328. The SMILES string of the molecule is CCc1cc(NC(=O)c2ccc(O)c(Cl)c2)n[nH]1. The van der Waals surface area contributed by atoms with E-state index in [4.69, 9.17) is 11.6 Å². The highest BCUT2D eigenvalue weighted by Crippen LogP contribution is 2.24. The molecule has 1 aromatic carbocycles. The van der Waals surface area contributed by atoms with E-state index in [1.54, 1.807) is 6.07 Å². The van der Waals surface area contributed by atoms with Gasteiger partial charge in [0.05, 0.1) is 5.02 Å². The molecule has 0 fully saturated rings. The summed E-state index contributed by atoms with van der Waals surface area (Å²) in [4.78, 5) is 11.9. The number of aromatic nitrogens is 2. The second-order valence-corrected chi connectivity index (χ2v) is 4.16. The number of hydrogen-bond acceptors (Lipinski definition) is 3. The zero-order valence-electron chi connectivity index (χ0n) is 9.70. The average molecular weight is 266 g/mol. The predicted molar refractivity (Wildman–Crippen MR) is 69.0 cm³/mol. The first-order valence-corrected chi connectivity index (χ1v) is 5.82. The van der Waals surface area contributed by atoms with Crippen LogP contribution in [0.15, 0.2) is 24.3 Å². The molecular formula is C12H12ClN3O2. The Bertz CT molecular complexity index is 580. The molecule has 5 nitrogen and oxygen atoms in total. The van der Waals surface area contributed by atoms with Crippen LogP contribution in [0.3, 0.4) is 0 Å². The van der Waals surface area contributed by atoms with Gasteiger partial charge in [-0.3, -0.25) is 9.89 Å². The van der Waals surface area contributed by atoms with Gasteiger partial charge in [0.2, 0.25) is 0 Å². The molecule has 6 heteroatoms. The molecule has 3 N–H and O–H groups in total. The van der Waals surface area contributed by atoms with Gasteiger partial charge in [-0.1, -0.05) is 18.5 Å². The Kier molecular flexibility index (Phi) is 3.53. The number of anilines is 1. The highest BCUT2D eigenvalue weighted by atomic mass is 35.5. The van der Waals surface area contributed by atoms with Crippen molar-refractivity contribution >= 4 is 23.3 Å². The molecule has 1 heterocycles. The minimum Gasteiger partial charge on any atom is -0.506 e. The summed E-state index contributed by atoms with van der Waals surface area (Å²) in [6.45, 7) is 1.98. The van der Waals surface area contributed by atoms with Gasteiger partial charge in [0, 0.05) is 17.3 Å². The molecule has 1 aromatic heterocycles. The molecule has 18 heavy (non-hydrogen) atoms. The predicted octanol–water partition coefficient (Wildman–Crippen LogP) is 2.58. The molecule has 0 saturated carbocycles. The number of carbonyl (C=O) groups is 1. The van der Waals surface area contributed by atoms with Crippen LogP contribution >= 0.6 is 11.6 Å². The van der Waals surface area contributed by atoms with E-state index in [1.807, 2.05) is 6.92 Å². The zero-order valence-corrected chi connectivity index (χ0v) is 10.5. The zero-order chi connectivity index (χ0) is 13.1. The fourth-order valence-electron chi connectivity index (χ4n) is 1.44. The number of rotatable bonds is 3. The average Bonchev–Trinajstić information content (AvgIpc) is 2.80. The van der Waals surface area contributed by atoms with Crippen molar-refractivity contribution < 1.29 is 9.90 Å².